The minimum absolute atomic E-state index is 0.129. The molecule has 2 heterocycles. The van der Waals surface area contributed by atoms with Crippen molar-refractivity contribution in [3.8, 4) is 0 Å². The quantitative estimate of drug-likeness (QED) is 0.863. The first kappa shape index (κ1) is 11.3. The van der Waals surface area contributed by atoms with Gasteiger partial charge < -0.3 is 0 Å². The molecule has 0 aliphatic carbocycles. The zero-order valence-corrected chi connectivity index (χ0v) is 10.5. The van der Waals surface area contributed by atoms with E-state index in [0.29, 0.717) is 0 Å². The summed E-state index contributed by atoms with van der Waals surface area (Å²) in [6.45, 7) is 2.73. The molecule has 1 N–H and O–H groups in total. The van der Waals surface area contributed by atoms with Crippen LogP contribution in [0.15, 0.2) is 35.1 Å². The summed E-state index contributed by atoms with van der Waals surface area (Å²) in [5.41, 5.74) is 3.48. The normalized spacial score (nSPS) is 15.6. The highest BCUT2D eigenvalue weighted by Crippen LogP contribution is 2.16. The van der Waals surface area contributed by atoms with E-state index < -0.39 is 0 Å². The van der Waals surface area contributed by atoms with Crippen molar-refractivity contribution in [2.75, 3.05) is 6.54 Å². The third-order valence-corrected chi connectivity index (χ3v) is 3.54. The van der Waals surface area contributed by atoms with Crippen molar-refractivity contribution >= 4 is 0 Å². The van der Waals surface area contributed by atoms with Crippen LogP contribution in [0.2, 0.25) is 0 Å². The van der Waals surface area contributed by atoms with Crippen molar-refractivity contribution in [1.82, 2.24) is 14.7 Å². The molecule has 94 valence electrons. The predicted octanol–water partition coefficient (Wildman–Crippen LogP) is 1.27. The Labute approximate surface area is 106 Å². The van der Waals surface area contributed by atoms with Gasteiger partial charge in [-0.2, -0.15) is 0 Å². The Morgan fingerprint density at radius 2 is 2.06 bits per heavy atom. The van der Waals surface area contributed by atoms with Gasteiger partial charge in [0.05, 0.1) is 5.69 Å². The average Bonchev–Trinajstić information content (AvgIpc) is 2.66. The molecule has 4 heteroatoms. The van der Waals surface area contributed by atoms with Crippen molar-refractivity contribution in [1.29, 1.82) is 0 Å². The zero-order chi connectivity index (χ0) is 12.5. The molecule has 0 saturated heterocycles. The molecule has 0 fully saturated rings. The minimum atomic E-state index is 0.129. The predicted molar refractivity (Wildman–Crippen MR) is 70.3 cm³/mol. The van der Waals surface area contributed by atoms with E-state index in [1.807, 2.05) is 6.07 Å². The summed E-state index contributed by atoms with van der Waals surface area (Å²) in [6, 6.07) is 10.4. The van der Waals surface area contributed by atoms with Gasteiger partial charge in [0, 0.05) is 32.2 Å². The smallest absolute Gasteiger partial charge is 0.269 e. The van der Waals surface area contributed by atoms with Crippen molar-refractivity contribution in [3.63, 3.8) is 0 Å². The summed E-state index contributed by atoms with van der Waals surface area (Å²) in [7, 11) is 1.78. The second kappa shape index (κ2) is 4.46. The highest BCUT2D eigenvalue weighted by molar-refractivity contribution is 5.21. The first-order chi connectivity index (χ1) is 8.74. The van der Waals surface area contributed by atoms with Gasteiger partial charge in [-0.3, -0.25) is 19.5 Å². The number of hydrogen-bond donors (Lipinski definition) is 1. The molecule has 3 rings (SSSR count). The second-order valence-electron chi connectivity index (χ2n) is 4.88. The molecule has 4 nitrogen and oxygen atoms in total. The van der Waals surface area contributed by atoms with Crippen LogP contribution in [0.3, 0.4) is 0 Å². The molecule has 1 aliphatic rings. The number of benzene rings is 1. The highest BCUT2D eigenvalue weighted by atomic mass is 16.1. The molecule has 18 heavy (non-hydrogen) atoms. The second-order valence-corrected chi connectivity index (χ2v) is 4.88. The fraction of sp³-hybridized carbons (Fsp3) is 0.357. The van der Waals surface area contributed by atoms with Crippen LogP contribution in [-0.2, 0) is 26.6 Å². The Morgan fingerprint density at radius 1 is 1.28 bits per heavy atom. The van der Waals surface area contributed by atoms with E-state index >= 15 is 0 Å². The Balaban J connectivity index is 1.77. The van der Waals surface area contributed by atoms with E-state index in [1.54, 1.807) is 11.7 Å². The van der Waals surface area contributed by atoms with Crippen LogP contribution in [-0.4, -0.2) is 21.2 Å². The van der Waals surface area contributed by atoms with E-state index in [2.05, 4.69) is 34.3 Å². The molecule has 0 atom stereocenters. The van der Waals surface area contributed by atoms with Crippen LogP contribution in [0.5, 0.6) is 0 Å². The summed E-state index contributed by atoms with van der Waals surface area (Å²) in [4.78, 5) is 14.2. The van der Waals surface area contributed by atoms with Gasteiger partial charge in [-0.15, -0.1) is 0 Å². The number of nitrogens with zero attached hydrogens (tertiary/aromatic N) is 2. The molecule has 2 aromatic rings. The number of rotatable bonds is 2. The lowest BCUT2D eigenvalue weighted by Crippen LogP contribution is -2.31. The van der Waals surface area contributed by atoms with Crippen LogP contribution in [0.25, 0.3) is 0 Å². The van der Waals surface area contributed by atoms with E-state index in [1.165, 1.54) is 5.56 Å². The summed E-state index contributed by atoms with van der Waals surface area (Å²) in [5.74, 6) is 0. The number of nitrogens with one attached hydrogen (secondary N) is 1. The molecule has 1 aliphatic heterocycles. The summed E-state index contributed by atoms with van der Waals surface area (Å²) in [5, 5.41) is 3.14. The Kier molecular flexibility index (Phi) is 2.80. The van der Waals surface area contributed by atoms with Gasteiger partial charge >= 0.3 is 0 Å². The van der Waals surface area contributed by atoms with Crippen molar-refractivity contribution in [3.05, 3.63) is 57.5 Å². The van der Waals surface area contributed by atoms with Crippen LogP contribution in [0.1, 0.15) is 16.8 Å². The summed E-state index contributed by atoms with van der Waals surface area (Å²) >= 11 is 0. The molecule has 1 aromatic heterocycles. The highest BCUT2D eigenvalue weighted by Gasteiger charge is 2.21. The largest absolute Gasteiger partial charge is 0.298 e. The van der Waals surface area contributed by atoms with Gasteiger partial charge in [0.1, 0.15) is 0 Å². The maximum absolute atomic E-state index is 11.8. The maximum atomic E-state index is 11.8. The molecule has 0 saturated carbocycles. The SMILES string of the molecule is Cn1[nH]c2c(c1=O)CCN(Cc1ccccc1)C2. The van der Waals surface area contributed by atoms with E-state index in [-0.39, 0.29) is 5.56 Å². The molecule has 0 amide bonds. The van der Waals surface area contributed by atoms with E-state index in [4.69, 9.17) is 0 Å². The zero-order valence-electron chi connectivity index (χ0n) is 10.5. The third kappa shape index (κ3) is 1.99. The molecular formula is C14H17N3O. The molecule has 0 spiro atoms. The number of hydrogen-bond acceptors (Lipinski definition) is 2. The number of H-pyrrole nitrogens is 1. The van der Waals surface area contributed by atoms with Gasteiger partial charge in [-0.1, -0.05) is 30.3 Å². The van der Waals surface area contributed by atoms with E-state index in [0.717, 1.165) is 37.3 Å². The van der Waals surface area contributed by atoms with Gasteiger partial charge in [0.2, 0.25) is 0 Å². The van der Waals surface area contributed by atoms with Gasteiger partial charge in [0.15, 0.2) is 0 Å². The fourth-order valence-electron chi connectivity index (χ4n) is 2.59. The van der Waals surface area contributed by atoms with Crippen LogP contribution < -0.4 is 5.56 Å². The van der Waals surface area contributed by atoms with Crippen LogP contribution >= 0.6 is 0 Å². The van der Waals surface area contributed by atoms with Crippen molar-refractivity contribution < 1.29 is 0 Å². The van der Waals surface area contributed by atoms with Crippen LogP contribution in [0, 0.1) is 0 Å². The molecule has 0 bridgehead atoms. The first-order valence-electron chi connectivity index (χ1n) is 6.27. The molecule has 0 radical (unpaired) electrons. The molecule has 1 aromatic carbocycles. The minimum Gasteiger partial charge on any atom is -0.298 e. The summed E-state index contributed by atoms with van der Waals surface area (Å²) in [6.07, 6.45) is 0.846. The van der Waals surface area contributed by atoms with Crippen molar-refractivity contribution in [2.24, 2.45) is 7.05 Å². The standard InChI is InChI=1S/C14H17N3O/c1-16-14(18)12-7-8-17(10-13(12)15-16)9-11-5-3-2-4-6-11/h2-6,15H,7-10H2,1H3. The number of aromatic nitrogens is 2. The molecule has 0 unspecified atom stereocenters. The number of fused-ring (bicyclic) bond motifs is 1. The Hall–Kier alpha value is -1.81. The fourth-order valence-corrected chi connectivity index (χ4v) is 2.59. The topological polar surface area (TPSA) is 41.0 Å². The van der Waals surface area contributed by atoms with Gasteiger partial charge in [0.25, 0.3) is 5.56 Å². The lowest BCUT2D eigenvalue weighted by molar-refractivity contribution is 0.242. The lowest BCUT2D eigenvalue weighted by Gasteiger charge is -2.25. The summed E-state index contributed by atoms with van der Waals surface area (Å²) < 4.78 is 1.58. The average molecular weight is 243 g/mol. The van der Waals surface area contributed by atoms with Crippen LogP contribution in [0.4, 0.5) is 0 Å². The monoisotopic (exact) mass is 243 g/mol. The van der Waals surface area contributed by atoms with Gasteiger partial charge in [-0.05, 0) is 12.0 Å². The number of aromatic amines is 1. The maximum Gasteiger partial charge on any atom is 0.269 e. The Morgan fingerprint density at radius 3 is 2.83 bits per heavy atom. The molecular weight excluding hydrogens is 226 g/mol. The lowest BCUT2D eigenvalue weighted by atomic mass is 10.1. The third-order valence-electron chi connectivity index (χ3n) is 3.54. The van der Waals surface area contributed by atoms with E-state index in [9.17, 15) is 4.79 Å². The Bertz CT molecular complexity index is 597. The van der Waals surface area contributed by atoms with Crippen molar-refractivity contribution in [2.45, 2.75) is 19.5 Å². The first-order valence-corrected chi connectivity index (χ1v) is 6.27. The number of aryl methyl sites for hydroxylation is 1. The van der Waals surface area contributed by atoms with Gasteiger partial charge in [-0.25, -0.2) is 0 Å².